The Hall–Kier alpha value is -0.960. The van der Waals surface area contributed by atoms with Crippen molar-refractivity contribution >= 4 is 0 Å². The number of aromatic nitrogens is 2. The molecule has 1 aromatic heterocycles. The number of unbranched alkanes of at least 4 members (excludes halogenated alkanes) is 3. The van der Waals surface area contributed by atoms with Crippen molar-refractivity contribution < 1.29 is 0 Å². The van der Waals surface area contributed by atoms with Crippen LogP contribution in [-0.4, -0.2) is 16.5 Å². The van der Waals surface area contributed by atoms with Gasteiger partial charge in [-0.3, -0.25) is 0 Å². The molecule has 0 bridgehead atoms. The van der Waals surface area contributed by atoms with Gasteiger partial charge in [-0.1, -0.05) is 39.5 Å². The van der Waals surface area contributed by atoms with Gasteiger partial charge in [-0.05, 0) is 18.9 Å². The van der Waals surface area contributed by atoms with Gasteiger partial charge in [0.05, 0.1) is 0 Å². The first kappa shape index (κ1) is 14.1. The van der Waals surface area contributed by atoms with Gasteiger partial charge in [0.25, 0.3) is 0 Å². The quantitative estimate of drug-likeness (QED) is 0.668. The van der Waals surface area contributed by atoms with E-state index in [1.54, 1.807) is 6.33 Å². The molecule has 0 unspecified atom stereocenters. The Balaban J connectivity index is 1.88. The second-order valence-electron chi connectivity index (χ2n) is 5.02. The van der Waals surface area contributed by atoms with Crippen LogP contribution in [0.2, 0.25) is 0 Å². The first-order valence-electron chi connectivity index (χ1n) is 6.73. The van der Waals surface area contributed by atoms with Gasteiger partial charge >= 0.3 is 0 Å². The van der Waals surface area contributed by atoms with E-state index in [2.05, 4.69) is 29.1 Å². The summed E-state index contributed by atoms with van der Waals surface area (Å²) < 4.78 is 0. The molecule has 3 nitrogen and oxygen atoms in total. The lowest BCUT2D eigenvalue weighted by molar-refractivity contribution is 0.512. The van der Waals surface area contributed by atoms with Crippen LogP contribution in [-0.2, 0) is 6.54 Å². The highest BCUT2D eigenvalue weighted by atomic mass is 14.9. The van der Waals surface area contributed by atoms with Crippen molar-refractivity contribution in [1.29, 1.82) is 0 Å². The standard InChI is InChI=1S/C14H25N3/c1-13(2)7-5-3-4-6-8-15-9-14-10-16-12-17-11-14/h10-13,15H,3-9H2,1-2H3. The van der Waals surface area contributed by atoms with Crippen LogP contribution in [0, 0.1) is 5.92 Å². The van der Waals surface area contributed by atoms with Crippen LogP contribution in [0.15, 0.2) is 18.7 Å². The van der Waals surface area contributed by atoms with Crippen LogP contribution < -0.4 is 5.32 Å². The largest absolute Gasteiger partial charge is 0.313 e. The van der Waals surface area contributed by atoms with Crippen LogP contribution in [0.5, 0.6) is 0 Å². The van der Waals surface area contributed by atoms with E-state index in [4.69, 9.17) is 0 Å². The maximum Gasteiger partial charge on any atom is 0.115 e. The SMILES string of the molecule is CC(C)CCCCCCNCc1cncnc1. The van der Waals surface area contributed by atoms with Crippen LogP contribution in [0.3, 0.4) is 0 Å². The smallest absolute Gasteiger partial charge is 0.115 e. The molecule has 3 heteroatoms. The fraction of sp³-hybridized carbons (Fsp3) is 0.714. The zero-order valence-electron chi connectivity index (χ0n) is 11.2. The maximum absolute atomic E-state index is 3.99. The molecule has 0 spiro atoms. The van der Waals surface area contributed by atoms with E-state index in [1.165, 1.54) is 32.1 Å². The van der Waals surface area contributed by atoms with Crippen molar-refractivity contribution in [2.45, 2.75) is 52.5 Å². The number of nitrogens with one attached hydrogen (secondary N) is 1. The van der Waals surface area contributed by atoms with Gasteiger partial charge in [-0.25, -0.2) is 9.97 Å². The van der Waals surface area contributed by atoms with Crippen LogP contribution in [0.25, 0.3) is 0 Å². The lowest BCUT2D eigenvalue weighted by Crippen LogP contribution is -2.14. The molecule has 1 N–H and O–H groups in total. The van der Waals surface area contributed by atoms with Crippen molar-refractivity contribution in [2.24, 2.45) is 5.92 Å². The van der Waals surface area contributed by atoms with Crippen LogP contribution in [0.4, 0.5) is 0 Å². The molecule has 0 aliphatic heterocycles. The Bertz CT molecular complexity index is 272. The Morgan fingerprint density at radius 1 is 1.06 bits per heavy atom. The molecule has 0 radical (unpaired) electrons. The third kappa shape index (κ3) is 7.86. The Kier molecular flexibility index (Phi) is 7.56. The van der Waals surface area contributed by atoms with Gasteiger partial charge in [0.1, 0.15) is 6.33 Å². The predicted octanol–water partition coefficient (Wildman–Crippen LogP) is 3.17. The minimum absolute atomic E-state index is 0.853. The molecule has 0 fully saturated rings. The van der Waals surface area contributed by atoms with E-state index in [1.807, 2.05) is 12.4 Å². The average Bonchev–Trinajstić information content (AvgIpc) is 2.33. The zero-order chi connectivity index (χ0) is 12.3. The first-order valence-corrected chi connectivity index (χ1v) is 6.73. The maximum atomic E-state index is 3.99. The second kappa shape index (κ2) is 9.11. The van der Waals surface area contributed by atoms with E-state index < -0.39 is 0 Å². The number of nitrogens with zero attached hydrogens (tertiary/aromatic N) is 2. The summed E-state index contributed by atoms with van der Waals surface area (Å²) in [7, 11) is 0. The molecule has 0 atom stereocenters. The van der Waals surface area contributed by atoms with Crippen molar-refractivity contribution in [3.8, 4) is 0 Å². The van der Waals surface area contributed by atoms with Gasteiger partial charge < -0.3 is 5.32 Å². The minimum Gasteiger partial charge on any atom is -0.313 e. The fourth-order valence-electron chi connectivity index (χ4n) is 1.81. The highest BCUT2D eigenvalue weighted by molar-refractivity contribution is 5.01. The monoisotopic (exact) mass is 235 g/mol. The summed E-state index contributed by atoms with van der Waals surface area (Å²) in [6, 6.07) is 0. The summed E-state index contributed by atoms with van der Waals surface area (Å²) in [6.45, 7) is 6.57. The molecular formula is C14H25N3. The van der Waals surface area contributed by atoms with Crippen LogP contribution in [0.1, 0.15) is 51.5 Å². The molecule has 1 heterocycles. The van der Waals surface area contributed by atoms with E-state index in [9.17, 15) is 0 Å². The summed E-state index contributed by atoms with van der Waals surface area (Å²) in [5.74, 6) is 0.853. The summed E-state index contributed by atoms with van der Waals surface area (Å²) >= 11 is 0. The van der Waals surface area contributed by atoms with Crippen molar-refractivity contribution in [3.63, 3.8) is 0 Å². The van der Waals surface area contributed by atoms with E-state index >= 15 is 0 Å². The van der Waals surface area contributed by atoms with E-state index in [0.29, 0.717) is 0 Å². The number of hydrogen-bond acceptors (Lipinski definition) is 3. The molecule has 0 saturated carbocycles. The van der Waals surface area contributed by atoms with Gasteiger partial charge in [0, 0.05) is 24.5 Å². The number of hydrogen-bond donors (Lipinski definition) is 1. The van der Waals surface area contributed by atoms with Gasteiger partial charge in [0.2, 0.25) is 0 Å². The Morgan fingerprint density at radius 3 is 2.47 bits per heavy atom. The minimum atomic E-state index is 0.853. The average molecular weight is 235 g/mol. The molecule has 0 amide bonds. The molecule has 17 heavy (non-hydrogen) atoms. The molecule has 0 aliphatic rings. The fourth-order valence-corrected chi connectivity index (χ4v) is 1.81. The second-order valence-corrected chi connectivity index (χ2v) is 5.02. The van der Waals surface area contributed by atoms with E-state index in [-0.39, 0.29) is 0 Å². The zero-order valence-corrected chi connectivity index (χ0v) is 11.2. The molecule has 96 valence electrons. The molecule has 0 aromatic carbocycles. The van der Waals surface area contributed by atoms with Crippen LogP contribution >= 0.6 is 0 Å². The lowest BCUT2D eigenvalue weighted by Gasteiger charge is -2.05. The molecule has 0 saturated heterocycles. The van der Waals surface area contributed by atoms with Gasteiger partial charge in [0.15, 0.2) is 0 Å². The highest BCUT2D eigenvalue weighted by Crippen LogP contribution is 2.08. The topological polar surface area (TPSA) is 37.8 Å². The Morgan fingerprint density at radius 2 is 1.76 bits per heavy atom. The summed E-state index contributed by atoms with van der Waals surface area (Å²) in [6.07, 6.45) is 12.0. The predicted molar refractivity (Wildman–Crippen MR) is 71.7 cm³/mol. The summed E-state index contributed by atoms with van der Waals surface area (Å²) in [4.78, 5) is 7.98. The molecule has 1 aromatic rings. The summed E-state index contributed by atoms with van der Waals surface area (Å²) in [5, 5.41) is 3.42. The van der Waals surface area contributed by atoms with Crippen molar-refractivity contribution in [1.82, 2.24) is 15.3 Å². The first-order chi connectivity index (χ1) is 8.29. The normalized spacial score (nSPS) is 11.0. The Labute approximate surface area is 105 Å². The molecule has 1 rings (SSSR count). The third-order valence-electron chi connectivity index (χ3n) is 2.83. The van der Waals surface area contributed by atoms with E-state index in [0.717, 1.165) is 24.6 Å². The van der Waals surface area contributed by atoms with Gasteiger partial charge in [-0.2, -0.15) is 0 Å². The third-order valence-corrected chi connectivity index (χ3v) is 2.83. The molecular weight excluding hydrogens is 210 g/mol. The highest BCUT2D eigenvalue weighted by Gasteiger charge is 1.95. The number of rotatable bonds is 9. The summed E-state index contributed by atoms with van der Waals surface area (Å²) in [5.41, 5.74) is 1.16. The van der Waals surface area contributed by atoms with Gasteiger partial charge in [-0.15, -0.1) is 0 Å². The van der Waals surface area contributed by atoms with Crippen molar-refractivity contribution in [3.05, 3.63) is 24.3 Å². The lowest BCUT2D eigenvalue weighted by atomic mass is 10.0. The van der Waals surface area contributed by atoms with Crippen molar-refractivity contribution in [2.75, 3.05) is 6.54 Å². The molecule has 0 aliphatic carbocycles.